The Hall–Kier alpha value is -0.530. The second-order valence-corrected chi connectivity index (χ2v) is 6.08. The van der Waals surface area contributed by atoms with Crippen molar-refractivity contribution in [2.24, 2.45) is 0 Å². The highest BCUT2D eigenvalue weighted by Crippen LogP contribution is 2.30. The van der Waals surface area contributed by atoms with E-state index in [9.17, 15) is 0 Å². The van der Waals surface area contributed by atoms with Crippen LogP contribution in [0.5, 0.6) is 0 Å². The molecule has 1 aromatic rings. The molecule has 0 spiro atoms. The van der Waals surface area contributed by atoms with E-state index in [1.807, 2.05) is 7.05 Å². The molecule has 0 bridgehead atoms. The van der Waals surface area contributed by atoms with E-state index in [0.29, 0.717) is 5.88 Å². The van der Waals surface area contributed by atoms with Gasteiger partial charge in [-0.15, -0.1) is 11.6 Å². The molecular weight excluding hydrogens is 230 g/mol. The number of hydrogen-bond donors (Lipinski definition) is 1. The van der Waals surface area contributed by atoms with Crippen LogP contribution in [0, 0.1) is 13.8 Å². The van der Waals surface area contributed by atoms with Crippen LogP contribution in [0.4, 0.5) is 0 Å². The van der Waals surface area contributed by atoms with E-state index in [1.54, 1.807) is 0 Å². The Balaban J connectivity index is 3.28. The topological polar surface area (TPSA) is 12.0 Å². The zero-order valence-electron chi connectivity index (χ0n) is 11.8. The van der Waals surface area contributed by atoms with Gasteiger partial charge in [-0.25, -0.2) is 0 Å². The van der Waals surface area contributed by atoms with Gasteiger partial charge in [0.1, 0.15) is 0 Å². The molecule has 1 rings (SSSR count). The first kappa shape index (κ1) is 14.5. The van der Waals surface area contributed by atoms with Gasteiger partial charge in [0.05, 0.1) is 0 Å². The number of aryl methyl sites for hydroxylation is 2. The van der Waals surface area contributed by atoms with Crippen LogP contribution in [-0.4, -0.2) is 12.9 Å². The highest BCUT2D eigenvalue weighted by Gasteiger charge is 2.19. The molecule has 0 aliphatic heterocycles. The Labute approximate surface area is 111 Å². The van der Waals surface area contributed by atoms with Crippen LogP contribution in [0.1, 0.15) is 49.1 Å². The predicted octanol–water partition coefficient (Wildman–Crippen LogP) is 4.10. The standard InChI is InChI=1S/C15H24ClN/c1-10-7-12(15(3,4)5)8-11(2)14(10)13(9-16)17-6/h7-8,13,17H,9H2,1-6H3. The summed E-state index contributed by atoms with van der Waals surface area (Å²) in [4.78, 5) is 0. The highest BCUT2D eigenvalue weighted by molar-refractivity contribution is 6.18. The Morgan fingerprint density at radius 1 is 1.18 bits per heavy atom. The molecule has 0 fully saturated rings. The lowest BCUT2D eigenvalue weighted by Crippen LogP contribution is -2.21. The Kier molecular flexibility index (Phi) is 4.62. The largest absolute Gasteiger partial charge is 0.312 e. The van der Waals surface area contributed by atoms with Crippen LogP contribution >= 0.6 is 11.6 Å². The van der Waals surface area contributed by atoms with Crippen molar-refractivity contribution in [1.29, 1.82) is 0 Å². The molecular formula is C15H24ClN. The van der Waals surface area contributed by atoms with Crippen molar-refractivity contribution >= 4 is 11.6 Å². The van der Waals surface area contributed by atoms with Gasteiger partial charge in [0, 0.05) is 11.9 Å². The zero-order valence-corrected chi connectivity index (χ0v) is 12.6. The summed E-state index contributed by atoms with van der Waals surface area (Å²) in [6, 6.07) is 4.82. The summed E-state index contributed by atoms with van der Waals surface area (Å²) >= 11 is 6.01. The maximum Gasteiger partial charge on any atom is 0.0460 e. The third kappa shape index (κ3) is 3.23. The van der Waals surface area contributed by atoms with Crippen LogP contribution in [0.25, 0.3) is 0 Å². The maximum absolute atomic E-state index is 6.01. The molecule has 1 atom stereocenters. The molecule has 1 N–H and O–H groups in total. The maximum atomic E-state index is 6.01. The molecule has 0 radical (unpaired) electrons. The molecule has 17 heavy (non-hydrogen) atoms. The Morgan fingerprint density at radius 2 is 1.65 bits per heavy atom. The summed E-state index contributed by atoms with van der Waals surface area (Å²) in [6.07, 6.45) is 0. The molecule has 96 valence electrons. The highest BCUT2D eigenvalue weighted by atomic mass is 35.5. The van der Waals surface area contributed by atoms with Crippen LogP contribution in [0.3, 0.4) is 0 Å². The minimum atomic E-state index is 0.199. The van der Waals surface area contributed by atoms with E-state index in [-0.39, 0.29) is 11.5 Å². The average molecular weight is 254 g/mol. The van der Waals surface area contributed by atoms with E-state index in [2.05, 4.69) is 52.1 Å². The monoisotopic (exact) mass is 253 g/mol. The SMILES string of the molecule is CNC(CCl)c1c(C)cc(C(C)(C)C)cc1C. The van der Waals surface area contributed by atoms with Gasteiger partial charge in [-0.3, -0.25) is 0 Å². The number of nitrogens with one attached hydrogen (secondary N) is 1. The first-order chi connectivity index (χ1) is 7.81. The van der Waals surface area contributed by atoms with Crippen molar-refractivity contribution in [1.82, 2.24) is 5.32 Å². The third-order valence-corrected chi connectivity index (χ3v) is 3.62. The summed E-state index contributed by atoms with van der Waals surface area (Å²) in [5, 5.41) is 3.28. The van der Waals surface area contributed by atoms with Crippen molar-refractivity contribution in [2.45, 2.75) is 46.1 Å². The van der Waals surface area contributed by atoms with E-state index >= 15 is 0 Å². The summed E-state index contributed by atoms with van der Waals surface area (Å²) in [5.74, 6) is 0.604. The minimum Gasteiger partial charge on any atom is -0.312 e. The van der Waals surface area contributed by atoms with Gasteiger partial charge in [-0.05, 0) is 48.6 Å². The second kappa shape index (κ2) is 5.41. The molecule has 0 saturated carbocycles. The molecule has 0 aliphatic carbocycles. The molecule has 1 nitrogen and oxygen atoms in total. The lowest BCUT2D eigenvalue weighted by Gasteiger charge is -2.25. The van der Waals surface area contributed by atoms with Crippen molar-refractivity contribution < 1.29 is 0 Å². The van der Waals surface area contributed by atoms with Gasteiger partial charge in [0.25, 0.3) is 0 Å². The van der Waals surface area contributed by atoms with E-state index in [1.165, 1.54) is 22.3 Å². The number of hydrogen-bond acceptors (Lipinski definition) is 1. The fourth-order valence-electron chi connectivity index (χ4n) is 2.26. The van der Waals surface area contributed by atoms with Gasteiger partial charge in [0.15, 0.2) is 0 Å². The molecule has 1 unspecified atom stereocenters. The van der Waals surface area contributed by atoms with Gasteiger partial charge < -0.3 is 5.32 Å². The summed E-state index contributed by atoms with van der Waals surface area (Å²) in [5.41, 5.74) is 5.59. The quantitative estimate of drug-likeness (QED) is 0.800. The summed E-state index contributed by atoms with van der Waals surface area (Å²) in [7, 11) is 1.96. The molecule has 2 heteroatoms. The summed E-state index contributed by atoms with van der Waals surface area (Å²) in [6.45, 7) is 11.1. The van der Waals surface area contributed by atoms with Gasteiger partial charge >= 0.3 is 0 Å². The predicted molar refractivity (Wildman–Crippen MR) is 77.1 cm³/mol. The lowest BCUT2D eigenvalue weighted by molar-refractivity contribution is 0.586. The number of benzene rings is 1. The average Bonchev–Trinajstić information content (AvgIpc) is 2.21. The molecule has 0 aliphatic rings. The first-order valence-corrected chi connectivity index (χ1v) is 6.69. The van der Waals surface area contributed by atoms with E-state index < -0.39 is 0 Å². The van der Waals surface area contributed by atoms with Crippen molar-refractivity contribution in [2.75, 3.05) is 12.9 Å². The Bertz CT molecular complexity index is 363. The van der Waals surface area contributed by atoms with Crippen molar-refractivity contribution in [3.63, 3.8) is 0 Å². The normalized spacial score (nSPS) is 13.8. The van der Waals surface area contributed by atoms with Crippen molar-refractivity contribution in [3.05, 3.63) is 34.4 Å². The molecule has 0 heterocycles. The number of rotatable bonds is 3. The third-order valence-electron chi connectivity index (χ3n) is 3.31. The van der Waals surface area contributed by atoms with E-state index in [4.69, 9.17) is 11.6 Å². The summed E-state index contributed by atoms with van der Waals surface area (Å²) < 4.78 is 0. The molecule has 0 amide bonds. The van der Waals surface area contributed by atoms with Crippen LogP contribution < -0.4 is 5.32 Å². The smallest absolute Gasteiger partial charge is 0.0460 e. The van der Waals surface area contributed by atoms with Crippen LogP contribution in [-0.2, 0) is 5.41 Å². The fourth-order valence-corrected chi connectivity index (χ4v) is 2.56. The van der Waals surface area contributed by atoms with Gasteiger partial charge in [-0.1, -0.05) is 32.9 Å². The van der Waals surface area contributed by atoms with Crippen LogP contribution in [0.2, 0.25) is 0 Å². The van der Waals surface area contributed by atoms with Gasteiger partial charge in [0.2, 0.25) is 0 Å². The molecule has 1 aromatic carbocycles. The second-order valence-electron chi connectivity index (χ2n) is 5.77. The first-order valence-electron chi connectivity index (χ1n) is 6.16. The van der Waals surface area contributed by atoms with Gasteiger partial charge in [-0.2, -0.15) is 0 Å². The fraction of sp³-hybridized carbons (Fsp3) is 0.600. The van der Waals surface area contributed by atoms with Crippen LogP contribution in [0.15, 0.2) is 12.1 Å². The van der Waals surface area contributed by atoms with E-state index in [0.717, 1.165) is 0 Å². The molecule has 0 aromatic heterocycles. The lowest BCUT2D eigenvalue weighted by atomic mass is 9.83. The Morgan fingerprint density at radius 3 is 1.94 bits per heavy atom. The number of halogens is 1. The van der Waals surface area contributed by atoms with Crippen molar-refractivity contribution in [3.8, 4) is 0 Å². The minimum absolute atomic E-state index is 0.199. The zero-order chi connectivity index (χ0) is 13.2. The number of alkyl halides is 1. The molecule has 0 saturated heterocycles.